The van der Waals surface area contributed by atoms with Crippen LogP contribution < -0.4 is 0 Å². The van der Waals surface area contributed by atoms with E-state index in [1.54, 1.807) is 17.2 Å². The zero-order valence-corrected chi connectivity index (χ0v) is 8.56. The largest absolute Gasteiger partial charge is 0.272 e. The van der Waals surface area contributed by atoms with E-state index in [9.17, 15) is 0 Å². The maximum atomic E-state index is 4.35. The molecule has 0 N–H and O–H groups in total. The minimum absolute atomic E-state index is 0.825. The Kier molecular flexibility index (Phi) is 2.10. The first-order chi connectivity index (χ1) is 6.27. The molecule has 0 aliphatic carbocycles. The second-order valence-corrected chi connectivity index (χ2v) is 3.46. The van der Waals surface area contributed by atoms with Crippen molar-refractivity contribution in [3.05, 3.63) is 35.0 Å². The average Bonchev–Trinajstić information content (AvgIpc) is 2.62. The van der Waals surface area contributed by atoms with Crippen LogP contribution in [0.2, 0.25) is 0 Å². The van der Waals surface area contributed by atoms with Crippen molar-refractivity contribution < 1.29 is 0 Å². The zero-order valence-electron chi connectivity index (χ0n) is 6.98. The summed E-state index contributed by atoms with van der Waals surface area (Å²) in [6, 6.07) is 3.86. The minimum Gasteiger partial charge on any atom is -0.272 e. The van der Waals surface area contributed by atoms with Crippen LogP contribution in [0.25, 0.3) is 5.82 Å². The van der Waals surface area contributed by atoms with Gasteiger partial charge in [-0.1, -0.05) is 0 Å². The molecule has 0 radical (unpaired) electrons. The van der Waals surface area contributed by atoms with Crippen LogP contribution in [-0.4, -0.2) is 19.7 Å². The standard InChI is InChI=1S/C8H7BrN4/c1-6-7(9)2-3-8(12-6)13-4-10-11-5-13/h2-5H,1H3. The van der Waals surface area contributed by atoms with Gasteiger partial charge in [0.2, 0.25) is 0 Å². The van der Waals surface area contributed by atoms with Gasteiger partial charge in [-0.05, 0) is 35.0 Å². The Bertz CT molecular complexity index is 410. The van der Waals surface area contributed by atoms with Crippen molar-refractivity contribution in [3.63, 3.8) is 0 Å². The summed E-state index contributed by atoms with van der Waals surface area (Å²) in [4.78, 5) is 4.35. The van der Waals surface area contributed by atoms with Crippen LogP contribution in [0.15, 0.2) is 29.3 Å². The molecule has 2 heterocycles. The summed E-state index contributed by atoms with van der Waals surface area (Å²) in [6.07, 6.45) is 3.24. The van der Waals surface area contributed by atoms with Crippen molar-refractivity contribution in [2.24, 2.45) is 0 Å². The maximum Gasteiger partial charge on any atom is 0.139 e. The molecular weight excluding hydrogens is 232 g/mol. The van der Waals surface area contributed by atoms with Gasteiger partial charge in [-0.25, -0.2) is 4.98 Å². The van der Waals surface area contributed by atoms with Crippen molar-refractivity contribution in [1.29, 1.82) is 0 Å². The topological polar surface area (TPSA) is 43.6 Å². The third kappa shape index (κ3) is 1.60. The lowest BCUT2D eigenvalue weighted by Gasteiger charge is -2.02. The van der Waals surface area contributed by atoms with Crippen molar-refractivity contribution >= 4 is 15.9 Å². The van der Waals surface area contributed by atoms with Gasteiger partial charge in [0.05, 0.1) is 5.69 Å². The monoisotopic (exact) mass is 238 g/mol. The first-order valence-corrected chi connectivity index (χ1v) is 4.55. The molecule has 0 saturated carbocycles. The number of nitrogens with zero attached hydrogens (tertiary/aromatic N) is 4. The molecule has 0 spiro atoms. The molecule has 0 aliphatic rings. The Morgan fingerprint density at radius 1 is 1.23 bits per heavy atom. The molecule has 0 saturated heterocycles. The highest BCUT2D eigenvalue weighted by Gasteiger charge is 2.00. The Hall–Kier alpha value is -1.23. The third-order valence-corrected chi connectivity index (χ3v) is 2.53. The van der Waals surface area contributed by atoms with Gasteiger partial charge >= 0.3 is 0 Å². The summed E-state index contributed by atoms with van der Waals surface area (Å²) in [5, 5.41) is 7.42. The van der Waals surface area contributed by atoms with Crippen LogP contribution in [0.4, 0.5) is 0 Å². The Morgan fingerprint density at radius 3 is 2.54 bits per heavy atom. The van der Waals surface area contributed by atoms with E-state index in [0.29, 0.717) is 0 Å². The summed E-state index contributed by atoms with van der Waals surface area (Å²) in [7, 11) is 0. The summed E-state index contributed by atoms with van der Waals surface area (Å²) in [5.41, 5.74) is 0.950. The van der Waals surface area contributed by atoms with Crippen molar-refractivity contribution in [3.8, 4) is 5.82 Å². The van der Waals surface area contributed by atoms with E-state index >= 15 is 0 Å². The van der Waals surface area contributed by atoms with Gasteiger partial charge in [-0.15, -0.1) is 10.2 Å². The fraction of sp³-hybridized carbons (Fsp3) is 0.125. The van der Waals surface area contributed by atoms with Crippen LogP contribution >= 0.6 is 15.9 Å². The van der Waals surface area contributed by atoms with Gasteiger partial charge in [0.1, 0.15) is 18.5 Å². The molecule has 4 nitrogen and oxygen atoms in total. The SMILES string of the molecule is Cc1nc(-n2cnnc2)ccc1Br. The smallest absolute Gasteiger partial charge is 0.139 e. The lowest BCUT2D eigenvalue weighted by molar-refractivity contribution is 0.969. The molecule has 2 aromatic heterocycles. The number of halogens is 1. The summed E-state index contributed by atoms with van der Waals surface area (Å²) >= 11 is 3.39. The second-order valence-electron chi connectivity index (χ2n) is 2.61. The van der Waals surface area contributed by atoms with E-state index < -0.39 is 0 Å². The van der Waals surface area contributed by atoms with Crippen molar-refractivity contribution in [1.82, 2.24) is 19.7 Å². The van der Waals surface area contributed by atoms with E-state index in [1.807, 2.05) is 19.1 Å². The Morgan fingerprint density at radius 2 is 1.92 bits per heavy atom. The molecule has 13 heavy (non-hydrogen) atoms. The zero-order chi connectivity index (χ0) is 9.26. The lowest BCUT2D eigenvalue weighted by atomic mass is 10.4. The quantitative estimate of drug-likeness (QED) is 0.761. The van der Waals surface area contributed by atoms with E-state index in [0.717, 1.165) is 16.0 Å². The fourth-order valence-corrected chi connectivity index (χ4v) is 1.21. The number of pyridine rings is 1. The van der Waals surface area contributed by atoms with Crippen LogP contribution in [0.1, 0.15) is 5.69 Å². The van der Waals surface area contributed by atoms with E-state index in [4.69, 9.17) is 0 Å². The number of hydrogen-bond acceptors (Lipinski definition) is 3. The predicted molar refractivity (Wildman–Crippen MR) is 51.6 cm³/mol. The first-order valence-electron chi connectivity index (χ1n) is 3.75. The number of aryl methyl sites for hydroxylation is 1. The van der Waals surface area contributed by atoms with Gasteiger partial charge in [0, 0.05) is 4.47 Å². The molecular formula is C8H7BrN4. The van der Waals surface area contributed by atoms with Crippen LogP contribution in [-0.2, 0) is 0 Å². The molecule has 0 unspecified atom stereocenters. The number of aromatic nitrogens is 4. The molecule has 0 fully saturated rings. The van der Waals surface area contributed by atoms with E-state index in [-0.39, 0.29) is 0 Å². The van der Waals surface area contributed by atoms with Crippen LogP contribution in [0.3, 0.4) is 0 Å². The second kappa shape index (κ2) is 3.26. The molecule has 0 aromatic carbocycles. The van der Waals surface area contributed by atoms with Crippen LogP contribution in [0.5, 0.6) is 0 Å². The Labute approximate surface area is 83.8 Å². The van der Waals surface area contributed by atoms with Gasteiger partial charge in [0.15, 0.2) is 0 Å². The number of hydrogen-bond donors (Lipinski definition) is 0. The fourth-order valence-electron chi connectivity index (χ4n) is 0.994. The van der Waals surface area contributed by atoms with Gasteiger partial charge < -0.3 is 0 Å². The highest BCUT2D eigenvalue weighted by atomic mass is 79.9. The molecule has 0 aliphatic heterocycles. The highest BCUT2D eigenvalue weighted by Crippen LogP contribution is 2.15. The van der Waals surface area contributed by atoms with E-state index in [1.165, 1.54) is 0 Å². The Balaban J connectivity index is 2.49. The molecule has 0 bridgehead atoms. The van der Waals surface area contributed by atoms with Crippen LogP contribution in [0, 0.1) is 6.92 Å². The normalized spacial score (nSPS) is 10.3. The van der Waals surface area contributed by atoms with Crippen molar-refractivity contribution in [2.45, 2.75) is 6.92 Å². The minimum atomic E-state index is 0.825. The summed E-state index contributed by atoms with van der Waals surface area (Å²) in [6.45, 7) is 1.94. The molecule has 0 atom stereocenters. The highest BCUT2D eigenvalue weighted by molar-refractivity contribution is 9.10. The lowest BCUT2D eigenvalue weighted by Crippen LogP contribution is -1.95. The molecule has 2 rings (SSSR count). The third-order valence-electron chi connectivity index (χ3n) is 1.69. The average molecular weight is 239 g/mol. The summed E-state index contributed by atoms with van der Waals surface area (Å²) < 4.78 is 2.77. The van der Waals surface area contributed by atoms with E-state index in [2.05, 4.69) is 31.1 Å². The molecule has 5 heteroatoms. The first kappa shape index (κ1) is 8.37. The molecule has 2 aromatic rings. The van der Waals surface area contributed by atoms with Crippen molar-refractivity contribution in [2.75, 3.05) is 0 Å². The maximum absolute atomic E-state index is 4.35. The summed E-state index contributed by atoms with van der Waals surface area (Å²) in [5.74, 6) is 0.825. The van der Waals surface area contributed by atoms with Gasteiger partial charge in [-0.2, -0.15) is 0 Å². The van der Waals surface area contributed by atoms with Gasteiger partial charge in [0.25, 0.3) is 0 Å². The molecule has 66 valence electrons. The van der Waals surface area contributed by atoms with Gasteiger partial charge in [-0.3, -0.25) is 4.57 Å². The number of rotatable bonds is 1. The molecule has 0 amide bonds. The predicted octanol–water partition coefficient (Wildman–Crippen LogP) is 1.73.